The zero-order chi connectivity index (χ0) is 24.2. The molecule has 0 spiro atoms. The number of rotatable bonds is 3. The van der Waals surface area contributed by atoms with Crippen molar-refractivity contribution in [2.24, 2.45) is 19.2 Å². The summed E-state index contributed by atoms with van der Waals surface area (Å²) in [5.74, 6) is -2.51. The van der Waals surface area contributed by atoms with Crippen LogP contribution >= 0.6 is 11.6 Å². The number of hydrazone groups is 1. The lowest BCUT2D eigenvalue weighted by Gasteiger charge is -2.12. The number of imidazole rings is 1. The normalized spacial score (nSPS) is 15.6. The van der Waals surface area contributed by atoms with E-state index in [1.807, 2.05) is 0 Å². The van der Waals surface area contributed by atoms with E-state index >= 15 is 0 Å². The van der Waals surface area contributed by atoms with Gasteiger partial charge in [0.25, 0.3) is 5.91 Å². The number of carboxylic acids is 1. The number of fused-ring (bicyclic) bond motifs is 1. The quantitative estimate of drug-likeness (QED) is 0.582. The first-order chi connectivity index (χ1) is 15.4. The van der Waals surface area contributed by atoms with Crippen LogP contribution in [0.5, 0.6) is 0 Å². The summed E-state index contributed by atoms with van der Waals surface area (Å²) in [6.45, 7) is 0. The minimum Gasteiger partial charge on any atom is -0.478 e. The molecule has 0 saturated carbocycles. The van der Waals surface area contributed by atoms with Gasteiger partial charge < -0.3 is 5.11 Å². The summed E-state index contributed by atoms with van der Waals surface area (Å²) < 4.78 is 43.8. The number of carbonyl (C=O) groups is 2. The number of alkyl halides is 3. The molecule has 0 aliphatic carbocycles. The van der Waals surface area contributed by atoms with Crippen LogP contribution < -0.4 is 10.7 Å². The number of halogens is 4. The van der Waals surface area contributed by atoms with Crippen molar-refractivity contribution in [1.29, 1.82) is 0 Å². The molecular weight excluding hydrogens is 465 g/mol. The van der Waals surface area contributed by atoms with Gasteiger partial charge in [-0.05, 0) is 42.0 Å². The average molecular weight is 479 g/mol. The molecule has 4 rings (SSSR count). The van der Waals surface area contributed by atoms with Crippen LogP contribution in [0.1, 0.15) is 15.9 Å². The fraction of sp³-hybridized carbons (Fsp3) is 0.143. The number of anilines is 1. The Balaban J connectivity index is 1.84. The number of aromatic carboxylic acids is 1. The van der Waals surface area contributed by atoms with E-state index in [0.717, 1.165) is 18.2 Å². The Kier molecular flexibility index (Phi) is 5.16. The number of carbonyl (C=O) groups excluding carboxylic acids is 1. The van der Waals surface area contributed by atoms with E-state index in [4.69, 9.17) is 11.6 Å². The third kappa shape index (κ3) is 3.69. The third-order valence-corrected chi connectivity index (χ3v) is 5.51. The smallest absolute Gasteiger partial charge is 0.435 e. The molecule has 2 heterocycles. The molecule has 3 aromatic rings. The van der Waals surface area contributed by atoms with Gasteiger partial charge in [-0.15, -0.1) is 0 Å². The van der Waals surface area contributed by atoms with Crippen molar-refractivity contribution in [2.45, 2.75) is 6.18 Å². The summed E-state index contributed by atoms with van der Waals surface area (Å²) in [5.41, 5.74) is -1.77. The Labute approximate surface area is 188 Å². The fourth-order valence-corrected chi connectivity index (χ4v) is 3.72. The van der Waals surface area contributed by atoms with Gasteiger partial charge in [-0.1, -0.05) is 17.7 Å². The van der Waals surface area contributed by atoms with E-state index in [-0.39, 0.29) is 22.0 Å². The number of amides is 1. The van der Waals surface area contributed by atoms with Crippen molar-refractivity contribution in [3.63, 3.8) is 0 Å². The molecule has 33 heavy (non-hydrogen) atoms. The van der Waals surface area contributed by atoms with E-state index in [1.165, 1.54) is 34.4 Å². The molecule has 1 N–H and O–H groups in total. The van der Waals surface area contributed by atoms with Crippen LogP contribution in [0.15, 0.2) is 51.9 Å². The van der Waals surface area contributed by atoms with Crippen LogP contribution in [0.3, 0.4) is 0 Å². The highest BCUT2D eigenvalue weighted by Gasteiger charge is 2.47. The molecule has 0 bridgehead atoms. The second-order valence-corrected chi connectivity index (χ2v) is 7.65. The van der Waals surface area contributed by atoms with E-state index in [1.54, 1.807) is 13.1 Å². The Morgan fingerprint density at radius 3 is 2.36 bits per heavy atom. The van der Waals surface area contributed by atoms with Gasteiger partial charge in [0.15, 0.2) is 5.71 Å². The van der Waals surface area contributed by atoms with Crippen LogP contribution in [-0.2, 0) is 18.9 Å². The maximum Gasteiger partial charge on any atom is 0.435 e. The molecule has 1 amide bonds. The first-order valence-electron chi connectivity index (χ1n) is 9.31. The molecule has 0 unspecified atom stereocenters. The standard InChI is InChI=1S/C21H14ClF3N4O4/c1-27-15-6-3-10(8-16(15)28(2)20(27)33)7-13-17(21(23,24)25)26-29(18(13)30)11-4-5-14(22)12(9-11)19(31)32/h3-9H,1-2H3,(H,31,32)/b13-7-. The predicted molar refractivity (Wildman–Crippen MR) is 116 cm³/mol. The molecule has 2 aromatic carbocycles. The highest BCUT2D eigenvalue weighted by atomic mass is 35.5. The first-order valence-corrected chi connectivity index (χ1v) is 9.68. The molecule has 8 nitrogen and oxygen atoms in total. The van der Waals surface area contributed by atoms with Crippen molar-refractivity contribution >= 4 is 52.0 Å². The largest absolute Gasteiger partial charge is 0.478 e. The maximum absolute atomic E-state index is 13.7. The number of nitrogens with zero attached hydrogens (tertiary/aromatic N) is 4. The van der Waals surface area contributed by atoms with Gasteiger partial charge in [-0.2, -0.15) is 23.3 Å². The highest BCUT2D eigenvalue weighted by Crippen LogP contribution is 2.34. The van der Waals surface area contributed by atoms with Gasteiger partial charge in [0.2, 0.25) is 0 Å². The predicted octanol–water partition coefficient (Wildman–Crippen LogP) is 3.58. The minimum atomic E-state index is -4.96. The maximum atomic E-state index is 13.7. The van der Waals surface area contributed by atoms with Gasteiger partial charge in [-0.25, -0.2) is 9.59 Å². The molecule has 1 aromatic heterocycles. The van der Waals surface area contributed by atoms with Crippen LogP contribution in [0.2, 0.25) is 5.02 Å². The summed E-state index contributed by atoms with van der Waals surface area (Å²) in [6.07, 6.45) is -3.93. The van der Waals surface area contributed by atoms with Gasteiger partial charge in [0.05, 0.1) is 32.9 Å². The second-order valence-electron chi connectivity index (χ2n) is 7.24. The Hall–Kier alpha value is -3.86. The number of aryl methyl sites for hydroxylation is 2. The summed E-state index contributed by atoms with van der Waals surface area (Å²) in [4.78, 5) is 36.4. The van der Waals surface area contributed by atoms with Crippen molar-refractivity contribution in [1.82, 2.24) is 9.13 Å². The zero-order valence-corrected chi connectivity index (χ0v) is 17.8. The molecular formula is C21H14ClF3N4O4. The van der Waals surface area contributed by atoms with E-state index in [0.29, 0.717) is 16.0 Å². The number of carboxylic acid groups (broad SMARTS) is 1. The van der Waals surface area contributed by atoms with E-state index in [9.17, 15) is 32.7 Å². The van der Waals surface area contributed by atoms with Gasteiger partial charge >= 0.3 is 17.8 Å². The van der Waals surface area contributed by atoms with Gasteiger partial charge in [-0.3, -0.25) is 13.9 Å². The fourth-order valence-electron chi connectivity index (χ4n) is 3.52. The molecule has 170 valence electrons. The number of aromatic nitrogens is 2. The minimum absolute atomic E-state index is 0.143. The summed E-state index contributed by atoms with van der Waals surface area (Å²) >= 11 is 5.81. The molecule has 1 aliphatic heterocycles. The average Bonchev–Trinajstić information content (AvgIpc) is 3.18. The zero-order valence-electron chi connectivity index (χ0n) is 17.0. The topological polar surface area (TPSA) is 96.9 Å². The van der Waals surface area contributed by atoms with Crippen molar-refractivity contribution in [3.05, 3.63) is 68.6 Å². The molecule has 12 heteroatoms. The molecule has 1 aliphatic rings. The molecule has 0 radical (unpaired) electrons. The number of hydrogen-bond acceptors (Lipinski definition) is 4. The lowest BCUT2D eigenvalue weighted by Crippen LogP contribution is -2.25. The lowest BCUT2D eigenvalue weighted by molar-refractivity contribution is -0.114. The van der Waals surface area contributed by atoms with Crippen molar-refractivity contribution in [2.75, 3.05) is 5.01 Å². The third-order valence-electron chi connectivity index (χ3n) is 5.18. The summed E-state index contributed by atoms with van der Waals surface area (Å²) in [6, 6.07) is 7.83. The number of hydrogen-bond donors (Lipinski definition) is 1. The van der Waals surface area contributed by atoms with Crippen LogP contribution in [0.4, 0.5) is 18.9 Å². The van der Waals surface area contributed by atoms with Gasteiger partial charge in [0, 0.05) is 14.1 Å². The number of benzene rings is 2. The monoisotopic (exact) mass is 478 g/mol. The molecule has 0 atom stereocenters. The van der Waals surface area contributed by atoms with E-state index in [2.05, 4.69) is 5.10 Å². The molecule has 0 fully saturated rings. The SMILES string of the molecule is Cn1c(=O)n(C)c2cc(/C=C3\C(=O)N(c4ccc(Cl)c(C(=O)O)c4)N=C3C(F)(F)F)ccc21. The molecule has 0 saturated heterocycles. The Morgan fingerprint density at radius 2 is 1.73 bits per heavy atom. The summed E-state index contributed by atoms with van der Waals surface area (Å²) in [5, 5.41) is 13.0. The Bertz CT molecular complexity index is 1470. The van der Waals surface area contributed by atoms with Gasteiger partial charge in [0.1, 0.15) is 0 Å². The summed E-state index contributed by atoms with van der Waals surface area (Å²) in [7, 11) is 3.08. The lowest BCUT2D eigenvalue weighted by atomic mass is 10.1. The second kappa shape index (κ2) is 7.62. The van der Waals surface area contributed by atoms with Crippen LogP contribution in [-0.4, -0.2) is 38.0 Å². The highest BCUT2D eigenvalue weighted by molar-refractivity contribution is 6.35. The first kappa shape index (κ1) is 22.3. The Morgan fingerprint density at radius 1 is 1.06 bits per heavy atom. The van der Waals surface area contributed by atoms with E-state index < -0.39 is 34.9 Å². The van der Waals surface area contributed by atoms with Crippen LogP contribution in [0.25, 0.3) is 17.1 Å². The van der Waals surface area contributed by atoms with Crippen molar-refractivity contribution in [3.8, 4) is 0 Å². The van der Waals surface area contributed by atoms with Crippen molar-refractivity contribution < 1.29 is 27.9 Å². The van der Waals surface area contributed by atoms with Crippen LogP contribution in [0, 0.1) is 0 Å².